The largest absolute Gasteiger partial charge is 0.495 e. The number of carbonyl (C=O) groups is 2. The predicted octanol–water partition coefficient (Wildman–Crippen LogP) is 1.52. The second-order valence-electron chi connectivity index (χ2n) is 7.26. The van der Waals surface area contributed by atoms with Crippen LogP contribution in [0.5, 0.6) is 11.5 Å². The molecule has 1 aromatic carbocycles. The van der Waals surface area contributed by atoms with Gasteiger partial charge in [0, 0.05) is 6.54 Å². The first-order valence-corrected chi connectivity index (χ1v) is 12.8. The molecular formula is C20H27N3O7S2. The first-order chi connectivity index (χ1) is 15.2. The molecule has 12 heteroatoms. The molecule has 1 fully saturated rings. The van der Waals surface area contributed by atoms with Crippen LogP contribution in [-0.2, 0) is 30.9 Å². The third-order valence-corrected chi connectivity index (χ3v) is 7.54. The van der Waals surface area contributed by atoms with Crippen molar-refractivity contribution >= 4 is 43.5 Å². The summed E-state index contributed by atoms with van der Waals surface area (Å²) in [4.78, 5) is 29.9. The van der Waals surface area contributed by atoms with E-state index in [4.69, 9.17) is 14.2 Å². The van der Waals surface area contributed by atoms with Gasteiger partial charge in [-0.15, -0.1) is 0 Å². The lowest BCUT2D eigenvalue weighted by molar-refractivity contribution is -0.143. The van der Waals surface area contributed by atoms with Crippen molar-refractivity contribution in [3.05, 3.63) is 16.9 Å². The lowest BCUT2D eigenvalue weighted by Gasteiger charge is -2.31. The number of sulfonamides is 1. The number of aromatic nitrogens is 1. The maximum Gasteiger partial charge on any atom is 0.326 e. The molecule has 1 amide bonds. The van der Waals surface area contributed by atoms with Gasteiger partial charge in [0.25, 0.3) is 5.91 Å². The number of methoxy groups -OCH3 is 2. The molecule has 2 heterocycles. The van der Waals surface area contributed by atoms with Gasteiger partial charge in [-0.1, -0.05) is 17.8 Å². The molecular weight excluding hydrogens is 458 g/mol. The first-order valence-electron chi connectivity index (χ1n) is 10.2. The number of rotatable bonds is 7. The minimum Gasteiger partial charge on any atom is -0.495 e. The summed E-state index contributed by atoms with van der Waals surface area (Å²) in [5, 5.41) is 0. The number of thiazole rings is 1. The van der Waals surface area contributed by atoms with Crippen LogP contribution in [0.15, 0.2) is 17.1 Å². The van der Waals surface area contributed by atoms with Crippen LogP contribution in [0.2, 0.25) is 0 Å². The number of benzene rings is 1. The second-order valence-corrected chi connectivity index (χ2v) is 10.2. The lowest BCUT2D eigenvalue weighted by atomic mass is 10.0. The number of fused-ring (bicyclic) bond motifs is 1. The van der Waals surface area contributed by atoms with Crippen LogP contribution in [0.3, 0.4) is 0 Å². The van der Waals surface area contributed by atoms with Gasteiger partial charge in [0.15, 0.2) is 4.80 Å². The molecule has 176 valence electrons. The van der Waals surface area contributed by atoms with Crippen molar-refractivity contribution in [2.75, 3.05) is 33.6 Å². The highest BCUT2D eigenvalue weighted by atomic mass is 32.2. The molecule has 0 spiro atoms. The molecule has 1 atom stereocenters. The molecule has 0 aliphatic carbocycles. The topological polar surface area (TPSA) is 116 Å². The second kappa shape index (κ2) is 10.0. The zero-order chi connectivity index (χ0) is 23.5. The molecule has 3 rings (SSSR count). The number of esters is 1. The van der Waals surface area contributed by atoms with Gasteiger partial charge >= 0.3 is 5.97 Å². The Kier molecular flexibility index (Phi) is 7.57. The molecule has 1 aromatic heterocycles. The van der Waals surface area contributed by atoms with E-state index in [9.17, 15) is 18.0 Å². The molecule has 0 radical (unpaired) electrons. The van der Waals surface area contributed by atoms with E-state index in [1.165, 1.54) is 18.5 Å². The summed E-state index contributed by atoms with van der Waals surface area (Å²) in [6, 6.07) is 2.56. The Bertz CT molecular complexity index is 1180. The fraction of sp³-hybridized carbons (Fsp3) is 0.550. The molecule has 1 unspecified atom stereocenters. The Labute approximate surface area is 190 Å². The van der Waals surface area contributed by atoms with Crippen LogP contribution in [0, 0.1) is 0 Å². The summed E-state index contributed by atoms with van der Waals surface area (Å²) < 4.78 is 43.8. The minimum atomic E-state index is -3.56. The highest BCUT2D eigenvalue weighted by molar-refractivity contribution is 7.88. The standard InChI is InChI=1S/C20H27N3O7S2/c1-5-30-16(24)12-22-17-14(28-2)9-10-15(29-3)18(17)31-20(22)21-19(25)13-8-6-7-11-23(13)32(4,26)27/h9-10,13H,5-8,11-12H2,1-4H3. The van der Waals surface area contributed by atoms with Crippen molar-refractivity contribution in [2.45, 2.75) is 38.8 Å². The van der Waals surface area contributed by atoms with Crippen LogP contribution < -0.4 is 14.3 Å². The fourth-order valence-electron chi connectivity index (χ4n) is 3.74. The van der Waals surface area contributed by atoms with Crippen LogP contribution in [0.25, 0.3) is 10.2 Å². The monoisotopic (exact) mass is 485 g/mol. The van der Waals surface area contributed by atoms with Gasteiger partial charge in [0.1, 0.15) is 34.3 Å². The summed E-state index contributed by atoms with van der Waals surface area (Å²) in [7, 11) is -0.540. The van der Waals surface area contributed by atoms with Crippen molar-refractivity contribution in [1.82, 2.24) is 8.87 Å². The highest BCUT2D eigenvalue weighted by Gasteiger charge is 2.34. The van der Waals surface area contributed by atoms with Crippen molar-refractivity contribution in [3.8, 4) is 11.5 Å². The zero-order valence-electron chi connectivity index (χ0n) is 18.5. The Morgan fingerprint density at radius 1 is 1.19 bits per heavy atom. The van der Waals surface area contributed by atoms with E-state index in [0.717, 1.165) is 24.0 Å². The summed E-state index contributed by atoms with van der Waals surface area (Å²) in [5.41, 5.74) is 0.542. The Hall–Kier alpha value is -2.44. The average molecular weight is 486 g/mol. The normalized spacial score (nSPS) is 18.0. The zero-order valence-corrected chi connectivity index (χ0v) is 20.1. The molecule has 0 N–H and O–H groups in total. The van der Waals surface area contributed by atoms with Crippen molar-refractivity contribution in [2.24, 2.45) is 4.99 Å². The Morgan fingerprint density at radius 3 is 2.50 bits per heavy atom. The third-order valence-electron chi connectivity index (χ3n) is 5.16. The molecule has 2 aromatic rings. The van der Waals surface area contributed by atoms with Crippen molar-refractivity contribution in [3.63, 3.8) is 0 Å². The summed E-state index contributed by atoms with van der Waals surface area (Å²) >= 11 is 1.16. The quantitative estimate of drug-likeness (QED) is 0.546. The van der Waals surface area contributed by atoms with E-state index in [1.54, 1.807) is 23.6 Å². The van der Waals surface area contributed by atoms with Crippen LogP contribution >= 0.6 is 11.3 Å². The van der Waals surface area contributed by atoms with E-state index in [0.29, 0.717) is 34.6 Å². The molecule has 0 bridgehead atoms. The molecule has 1 aliphatic rings. The minimum absolute atomic E-state index is 0.191. The third kappa shape index (κ3) is 4.97. The molecule has 1 aliphatic heterocycles. The van der Waals surface area contributed by atoms with E-state index in [-0.39, 0.29) is 24.5 Å². The molecule has 32 heavy (non-hydrogen) atoms. The predicted molar refractivity (Wildman–Crippen MR) is 119 cm³/mol. The van der Waals surface area contributed by atoms with Crippen LogP contribution in [-0.4, -0.2) is 68.8 Å². The number of nitrogens with zero attached hydrogens (tertiary/aromatic N) is 3. The summed E-state index contributed by atoms with van der Waals surface area (Å²) in [5.74, 6) is -0.0583. The van der Waals surface area contributed by atoms with E-state index >= 15 is 0 Å². The lowest BCUT2D eigenvalue weighted by Crippen LogP contribution is -2.47. The van der Waals surface area contributed by atoms with E-state index in [2.05, 4.69) is 4.99 Å². The summed E-state index contributed by atoms with van der Waals surface area (Å²) in [6.45, 7) is 2.00. The van der Waals surface area contributed by atoms with Gasteiger partial charge in [0.05, 0.1) is 27.1 Å². The number of hydrogen-bond donors (Lipinski definition) is 0. The van der Waals surface area contributed by atoms with Gasteiger partial charge in [-0.05, 0) is 31.9 Å². The van der Waals surface area contributed by atoms with Gasteiger partial charge in [-0.3, -0.25) is 9.59 Å². The first kappa shape index (κ1) is 24.2. The Balaban J connectivity index is 2.18. The number of piperidine rings is 1. The van der Waals surface area contributed by atoms with Crippen molar-refractivity contribution in [1.29, 1.82) is 0 Å². The fourth-order valence-corrected chi connectivity index (χ4v) is 6.00. The number of amides is 1. The van der Waals surface area contributed by atoms with Crippen LogP contribution in [0.1, 0.15) is 26.2 Å². The smallest absolute Gasteiger partial charge is 0.326 e. The highest BCUT2D eigenvalue weighted by Crippen LogP contribution is 2.35. The number of carbonyl (C=O) groups excluding carboxylic acids is 2. The average Bonchev–Trinajstić information content (AvgIpc) is 3.10. The SMILES string of the molecule is CCOC(=O)Cn1c(=NC(=O)C2CCCCN2S(C)(=O)=O)sc2c(OC)ccc(OC)c21. The molecule has 1 saturated heterocycles. The van der Waals surface area contributed by atoms with Gasteiger partial charge < -0.3 is 18.8 Å². The maximum atomic E-state index is 13.1. The molecule has 0 saturated carbocycles. The van der Waals surface area contributed by atoms with Crippen molar-refractivity contribution < 1.29 is 32.2 Å². The Morgan fingerprint density at radius 2 is 1.88 bits per heavy atom. The van der Waals surface area contributed by atoms with Gasteiger partial charge in [0.2, 0.25) is 10.0 Å². The number of hydrogen-bond acceptors (Lipinski definition) is 8. The van der Waals surface area contributed by atoms with Gasteiger partial charge in [-0.2, -0.15) is 9.30 Å². The maximum absolute atomic E-state index is 13.1. The number of ether oxygens (including phenoxy) is 3. The summed E-state index contributed by atoms with van der Waals surface area (Å²) in [6.07, 6.45) is 2.91. The van der Waals surface area contributed by atoms with E-state index in [1.807, 2.05) is 0 Å². The van der Waals surface area contributed by atoms with E-state index < -0.39 is 27.9 Å². The van der Waals surface area contributed by atoms with Crippen LogP contribution in [0.4, 0.5) is 0 Å². The molecule has 10 nitrogen and oxygen atoms in total. The van der Waals surface area contributed by atoms with Gasteiger partial charge in [-0.25, -0.2) is 8.42 Å².